The van der Waals surface area contributed by atoms with Crippen LogP contribution < -0.4 is 19.1 Å². The predicted octanol–water partition coefficient (Wildman–Crippen LogP) is 3.92. The van der Waals surface area contributed by atoms with E-state index >= 15 is 0 Å². The van der Waals surface area contributed by atoms with Gasteiger partial charge in [0.1, 0.15) is 5.75 Å². The summed E-state index contributed by atoms with van der Waals surface area (Å²) in [5.74, 6) is 1.88. The maximum atomic E-state index is 13.3. The number of carbonyl (C=O) groups is 1. The largest absolute Gasteiger partial charge is 0.497 e. The smallest absolute Gasteiger partial charge is 0.260 e. The fraction of sp³-hybridized carbons (Fsp3) is 0.364. The van der Waals surface area contributed by atoms with E-state index in [1.165, 1.54) is 11.3 Å². The van der Waals surface area contributed by atoms with Crippen LogP contribution >= 0.6 is 11.3 Å². The Labute approximate surface area is 180 Å². The van der Waals surface area contributed by atoms with E-state index < -0.39 is 0 Å². The van der Waals surface area contributed by atoms with Crippen LogP contribution in [-0.4, -0.2) is 64.3 Å². The number of amides is 1. The van der Waals surface area contributed by atoms with Gasteiger partial charge in [-0.25, -0.2) is 4.98 Å². The first-order chi connectivity index (χ1) is 14.5. The molecule has 0 saturated carbocycles. The Hall–Kier alpha value is -2.84. The Kier molecular flexibility index (Phi) is 7.12. The first kappa shape index (κ1) is 21.9. The number of hydrogen-bond donors (Lipinski definition) is 0. The summed E-state index contributed by atoms with van der Waals surface area (Å²) in [6, 6.07) is 10.9. The second-order valence-corrected chi connectivity index (χ2v) is 8.02. The van der Waals surface area contributed by atoms with Crippen molar-refractivity contribution in [2.75, 3.05) is 53.4 Å². The van der Waals surface area contributed by atoms with Gasteiger partial charge in [0.2, 0.25) is 0 Å². The number of methoxy groups -OCH3 is 3. The van der Waals surface area contributed by atoms with Crippen molar-refractivity contribution in [2.24, 2.45) is 0 Å². The van der Waals surface area contributed by atoms with Gasteiger partial charge in [-0.15, -0.1) is 0 Å². The zero-order valence-electron chi connectivity index (χ0n) is 18.0. The number of ether oxygens (including phenoxy) is 3. The normalized spacial score (nSPS) is 11.0. The zero-order valence-corrected chi connectivity index (χ0v) is 18.8. The van der Waals surface area contributed by atoms with Crippen LogP contribution in [0.3, 0.4) is 0 Å². The van der Waals surface area contributed by atoms with Gasteiger partial charge in [0.05, 0.1) is 31.5 Å². The van der Waals surface area contributed by atoms with Crippen LogP contribution in [0.4, 0.5) is 5.13 Å². The van der Waals surface area contributed by atoms with E-state index in [0.717, 1.165) is 23.2 Å². The van der Waals surface area contributed by atoms with Gasteiger partial charge in [0.25, 0.3) is 5.91 Å². The SMILES string of the molecule is COc1ccc(C(=O)N(CCCN(C)C)c2nc3cc(OC)c(OC)cc3s2)cc1. The number of fused-ring (bicyclic) bond motifs is 1. The number of hydrogen-bond acceptors (Lipinski definition) is 7. The van der Waals surface area contributed by atoms with E-state index in [1.54, 1.807) is 50.5 Å². The lowest BCUT2D eigenvalue weighted by Gasteiger charge is -2.21. The van der Waals surface area contributed by atoms with Gasteiger partial charge in [0.15, 0.2) is 16.6 Å². The molecular formula is C22H27N3O4S. The summed E-state index contributed by atoms with van der Waals surface area (Å²) in [6.45, 7) is 1.44. The fourth-order valence-electron chi connectivity index (χ4n) is 3.08. The number of anilines is 1. The van der Waals surface area contributed by atoms with E-state index in [0.29, 0.717) is 34.5 Å². The zero-order chi connectivity index (χ0) is 21.7. The lowest BCUT2D eigenvalue weighted by atomic mass is 10.2. The molecule has 2 aromatic carbocycles. The molecule has 0 aliphatic rings. The molecule has 0 saturated heterocycles. The van der Waals surface area contributed by atoms with Crippen molar-refractivity contribution in [1.82, 2.24) is 9.88 Å². The molecule has 0 unspecified atom stereocenters. The summed E-state index contributed by atoms with van der Waals surface area (Å²) >= 11 is 1.46. The maximum Gasteiger partial charge on any atom is 0.260 e. The summed E-state index contributed by atoms with van der Waals surface area (Å²) in [4.78, 5) is 21.9. The van der Waals surface area contributed by atoms with Crippen LogP contribution in [0.25, 0.3) is 10.2 Å². The molecular weight excluding hydrogens is 402 g/mol. The quantitative estimate of drug-likeness (QED) is 0.514. The second-order valence-electron chi connectivity index (χ2n) is 7.01. The third kappa shape index (κ3) is 4.83. The predicted molar refractivity (Wildman–Crippen MR) is 121 cm³/mol. The molecule has 8 heteroatoms. The average molecular weight is 430 g/mol. The molecule has 1 heterocycles. The van der Waals surface area contributed by atoms with Crippen LogP contribution in [0.1, 0.15) is 16.8 Å². The van der Waals surface area contributed by atoms with Crippen LogP contribution in [0, 0.1) is 0 Å². The molecule has 0 aliphatic heterocycles. The average Bonchev–Trinajstić information content (AvgIpc) is 3.17. The van der Waals surface area contributed by atoms with E-state index in [1.807, 2.05) is 26.2 Å². The van der Waals surface area contributed by atoms with E-state index in [4.69, 9.17) is 19.2 Å². The topological polar surface area (TPSA) is 64.1 Å². The summed E-state index contributed by atoms with van der Waals surface area (Å²) in [5, 5.41) is 0.653. The minimum Gasteiger partial charge on any atom is -0.497 e. The number of thiazole rings is 1. The fourth-order valence-corrected chi connectivity index (χ4v) is 4.08. The number of benzene rings is 2. The van der Waals surface area contributed by atoms with Gasteiger partial charge in [0, 0.05) is 24.2 Å². The van der Waals surface area contributed by atoms with Crippen molar-refractivity contribution in [1.29, 1.82) is 0 Å². The minimum atomic E-state index is -0.0885. The van der Waals surface area contributed by atoms with Gasteiger partial charge >= 0.3 is 0 Å². The molecule has 0 spiro atoms. The second kappa shape index (κ2) is 9.77. The standard InChI is InChI=1S/C22H27N3O4S/c1-24(2)11-6-12-25(21(26)15-7-9-16(27-3)10-8-15)22-23-17-13-18(28-4)19(29-5)14-20(17)30-22/h7-10,13-14H,6,11-12H2,1-5H3. The molecule has 0 aliphatic carbocycles. The monoisotopic (exact) mass is 429 g/mol. The molecule has 160 valence electrons. The highest BCUT2D eigenvalue weighted by Gasteiger charge is 2.22. The molecule has 0 fully saturated rings. The Bertz CT molecular complexity index is 961. The molecule has 0 radical (unpaired) electrons. The Balaban J connectivity index is 1.97. The van der Waals surface area contributed by atoms with Crippen molar-refractivity contribution in [2.45, 2.75) is 6.42 Å². The van der Waals surface area contributed by atoms with E-state index in [9.17, 15) is 4.79 Å². The Morgan fingerprint density at radius 2 is 1.63 bits per heavy atom. The number of rotatable bonds is 9. The van der Waals surface area contributed by atoms with Crippen LogP contribution in [0.2, 0.25) is 0 Å². The molecule has 7 nitrogen and oxygen atoms in total. The molecule has 3 aromatic rings. The molecule has 0 bridgehead atoms. The first-order valence-corrected chi connectivity index (χ1v) is 10.4. The van der Waals surface area contributed by atoms with Gasteiger partial charge in [-0.2, -0.15) is 0 Å². The Morgan fingerprint density at radius 3 is 2.23 bits per heavy atom. The Morgan fingerprint density at radius 1 is 0.967 bits per heavy atom. The molecule has 1 amide bonds. The summed E-state index contributed by atoms with van der Waals surface area (Å²) < 4.78 is 16.9. The first-order valence-electron chi connectivity index (χ1n) is 9.60. The van der Waals surface area contributed by atoms with Crippen LogP contribution in [-0.2, 0) is 0 Å². The molecule has 30 heavy (non-hydrogen) atoms. The summed E-state index contributed by atoms with van der Waals surface area (Å²) in [6.07, 6.45) is 0.831. The van der Waals surface area contributed by atoms with Crippen molar-refractivity contribution in [3.63, 3.8) is 0 Å². The molecule has 1 aromatic heterocycles. The highest BCUT2D eigenvalue weighted by Crippen LogP contribution is 2.37. The van der Waals surface area contributed by atoms with Gasteiger partial charge in [-0.1, -0.05) is 11.3 Å². The number of aromatic nitrogens is 1. The van der Waals surface area contributed by atoms with Crippen LogP contribution in [0.15, 0.2) is 36.4 Å². The van der Waals surface area contributed by atoms with Crippen molar-refractivity contribution >= 4 is 32.6 Å². The number of carbonyl (C=O) groups excluding carboxylic acids is 1. The highest BCUT2D eigenvalue weighted by molar-refractivity contribution is 7.22. The maximum absolute atomic E-state index is 13.3. The van der Waals surface area contributed by atoms with Crippen molar-refractivity contribution in [3.8, 4) is 17.2 Å². The van der Waals surface area contributed by atoms with Crippen molar-refractivity contribution < 1.29 is 19.0 Å². The molecule has 3 rings (SSSR count). The minimum absolute atomic E-state index is 0.0885. The number of nitrogens with zero attached hydrogens (tertiary/aromatic N) is 3. The summed E-state index contributed by atoms with van der Waals surface area (Å²) in [5.41, 5.74) is 1.36. The van der Waals surface area contributed by atoms with Gasteiger partial charge in [-0.3, -0.25) is 9.69 Å². The van der Waals surface area contributed by atoms with E-state index in [-0.39, 0.29) is 5.91 Å². The van der Waals surface area contributed by atoms with Gasteiger partial charge < -0.3 is 19.1 Å². The lowest BCUT2D eigenvalue weighted by molar-refractivity contribution is 0.0986. The van der Waals surface area contributed by atoms with Crippen molar-refractivity contribution in [3.05, 3.63) is 42.0 Å². The third-order valence-corrected chi connectivity index (χ3v) is 5.72. The van der Waals surface area contributed by atoms with E-state index in [2.05, 4.69) is 4.90 Å². The molecule has 0 N–H and O–H groups in total. The molecule has 0 atom stereocenters. The highest BCUT2D eigenvalue weighted by atomic mass is 32.1. The van der Waals surface area contributed by atoms with Gasteiger partial charge in [-0.05, 0) is 51.3 Å². The third-order valence-electron chi connectivity index (χ3n) is 4.68. The summed E-state index contributed by atoms with van der Waals surface area (Å²) in [7, 11) is 8.84. The lowest BCUT2D eigenvalue weighted by Crippen LogP contribution is -2.33. The van der Waals surface area contributed by atoms with Crippen LogP contribution in [0.5, 0.6) is 17.2 Å².